The molecule has 0 spiro atoms. The lowest BCUT2D eigenvalue weighted by molar-refractivity contribution is 0.00417. The molecular weight excluding hydrogens is 167 g/mol. The Bertz CT molecular complexity index is 306. The SMILES string of the molecule is CC1(c2ccc(F)cc2)CCC1O. The molecular formula is C11H13FO. The Kier molecular flexibility index (Phi) is 1.88. The van der Waals surface area contributed by atoms with E-state index in [9.17, 15) is 9.50 Å². The Balaban J connectivity index is 2.30. The van der Waals surface area contributed by atoms with Crippen molar-refractivity contribution in [1.82, 2.24) is 0 Å². The van der Waals surface area contributed by atoms with Crippen molar-refractivity contribution in [3.63, 3.8) is 0 Å². The van der Waals surface area contributed by atoms with Crippen LogP contribution in [0.1, 0.15) is 25.3 Å². The molecule has 1 aliphatic rings. The maximum absolute atomic E-state index is 12.6. The van der Waals surface area contributed by atoms with Crippen LogP contribution in [0.5, 0.6) is 0 Å². The van der Waals surface area contributed by atoms with Crippen LogP contribution in [0.4, 0.5) is 4.39 Å². The highest BCUT2D eigenvalue weighted by atomic mass is 19.1. The minimum absolute atomic E-state index is 0.145. The van der Waals surface area contributed by atoms with Gasteiger partial charge in [-0.1, -0.05) is 19.1 Å². The van der Waals surface area contributed by atoms with Crippen molar-refractivity contribution in [3.8, 4) is 0 Å². The molecule has 2 rings (SSSR count). The Morgan fingerprint density at radius 2 is 2.00 bits per heavy atom. The van der Waals surface area contributed by atoms with E-state index in [-0.39, 0.29) is 17.3 Å². The third-order valence-corrected chi connectivity index (χ3v) is 3.18. The van der Waals surface area contributed by atoms with Gasteiger partial charge in [0, 0.05) is 5.41 Å². The quantitative estimate of drug-likeness (QED) is 0.702. The molecule has 0 aromatic heterocycles. The molecule has 0 heterocycles. The molecule has 13 heavy (non-hydrogen) atoms. The molecule has 1 saturated carbocycles. The van der Waals surface area contributed by atoms with Crippen molar-refractivity contribution in [2.75, 3.05) is 0 Å². The third kappa shape index (κ3) is 1.25. The van der Waals surface area contributed by atoms with Gasteiger partial charge in [0.1, 0.15) is 5.82 Å². The minimum atomic E-state index is -0.266. The van der Waals surface area contributed by atoms with Crippen molar-refractivity contribution >= 4 is 0 Å². The summed E-state index contributed by atoms with van der Waals surface area (Å²) in [5, 5.41) is 9.60. The first kappa shape index (κ1) is 8.70. The summed E-state index contributed by atoms with van der Waals surface area (Å²) in [5.41, 5.74) is 0.890. The summed E-state index contributed by atoms with van der Waals surface area (Å²) in [6, 6.07) is 6.42. The summed E-state index contributed by atoms with van der Waals surface area (Å²) >= 11 is 0. The van der Waals surface area contributed by atoms with Gasteiger partial charge in [-0.3, -0.25) is 0 Å². The fraction of sp³-hybridized carbons (Fsp3) is 0.455. The van der Waals surface area contributed by atoms with Crippen LogP contribution >= 0.6 is 0 Å². The molecule has 0 bridgehead atoms. The predicted molar refractivity (Wildman–Crippen MR) is 49.0 cm³/mol. The first-order valence-corrected chi connectivity index (χ1v) is 4.57. The number of hydrogen-bond acceptors (Lipinski definition) is 1. The van der Waals surface area contributed by atoms with Gasteiger partial charge in [-0.25, -0.2) is 4.39 Å². The third-order valence-electron chi connectivity index (χ3n) is 3.18. The molecule has 1 nitrogen and oxygen atoms in total. The number of halogens is 1. The molecule has 1 fully saturated rings. The molecule has 1 aromatic rings. The number of hydrogen-bond donors (Lipinski definition) is 1. The summed E-state index contributed by atoms with van der Waals surface area (Å²) in [7, 11) is 0. The number of rotatable bonds is 1. The zero-order valence-corrected chi connectivity index (χ0v) is 7.63. The average molecular weight is 180 g/mol. The topological polar surface area (TPSA) is 20.2 Å². The van der Waals surface area contributed by atoms with Gasteiger partial charge in [0.25, 0.3) is 0 Å². The highest BCUT2D eigenvalue weighted by Gasteiger charge is 2.42. The molecule has 2 unspecified atom stereocenters. The van der Waals surface area contributed by atoms with Gasteiger partial charge in [0.15, 0.2) is 0 Å². The summed E-state index contributed by atoms with van der Waals surface area (Å²) < 4.78 is 12.6. The normalized spacial score (nSPS) is 32.7. The largest absolute Gasteiger partial charge is 0.392 e. The van der Waals surface area contributed by atoms with Crippen LogP contribution in [0.25, 0.3) is 0 Å². The van der Waals surface area contributed by atoms with Crippen LogP contribution < -0.4 is 0 Å². The Labute approximate surface area is 77.2 Å². The monoisotopic (exact) mass is 180 g/mol. The first-order chi connectivity index (χ1) is 6.13. The molecule has 1 aromatic carbocycles. The Morgan fingerprint density at radius 3 is 2.38 bits per heavy atom. The molecule has 1 aliphatic carbocycles. The van der Waals surface area contributed by atoms with E-state index in [1.165, 1.54) is 12.1 Å². The van der Waals surface area contributed by atoms with Crippen LogP contribution in [0.3, 0.4) is 0 Å². The zero-order chi connectivity index (χ0) is 9.47. The van der Waals surface area contributed by atoms with E-state index in [0.717, 1.165) is 18.4 Å². The second kappa shape index (κ2) is 2.81. The first-order valence-electron chi connectivity index (χ1n) is 4.57. The van der Waals surface area contributed by atoms with Crippen LogP contribution in [0.2, 0.25) is 0 Å². The maximum Gasteiger partial charge on any atom is 0.123 e. The smallest absolute Gasteiger partial charge is 0.123 e. The highest BCUT2D eigenvalue weighted by Crippen LogP contribution is 2.43. The average Bonchev–Trinajstić information content (AvgIpc) is 2.15. The van der Waals surface area contributed by atoms with E-state index >= 15 is 0 Å². The molecule has 70 valence electrons. The summed E-state index contributed by atoms with van der Waals surface area (Å²) in [5.74, 6) is -0.221. The lowest BCUT2D eigenvalue weighted by Crippen LogP contribution is -2.46. The fourth-order valence-electron chi connectivity index (χ4n) is 1.87. The summed E-state index contributed by atoms with van der Waals surface area (Å²) in [4.78, 5) is 0. The van der Waals surface area contributed by atoms with Gasteiger partial charge in [0.05, 0.1) is 6.10 Å². The van der Waals surface area contributed by atoms with E-state index in [0.29, 0.717) is 0 Å². The van der Waals surface area contributed by atoms with E-state index in [2.05, 4.69) is 0 Å². The lowest BCUT2D eigenvalue weighted by atomic mass is 9.63. The molecule has 2 atom stereocenters. The van der Waals surface area contributed by atoms with Crippen molar-refractivity contribution in [2.24, 2.45) is 0 Å². The van der Waals surface area contributed by atoms with Crippen molar-refractivity contribution in [1.29, 1.82) is 0 Å². The van der Waals surface area contributed by atoms with Gasteiger partial charge in [-0.05, 0) is 30.5 Å². The maximum atomic E-state index is 12.6. The number of aliphatic hydroxyl groups is 1. The predicted octanol–water partition coefficient (Wildman–Crippen LogP) is 2.24. The minimum Gasteiger partial charge on any atom is -0.392 e. The standard InChI is InChI=1S/C11H13FO/c1-11(7-6-10(11)13)8-2-4-9(12)5-3-8/h2-5,10,13H,6-7H2,1H3. The van der Waals surface area contributed by atoms with Gasteiger partial charge in [-0.15, -0.1) is 0 Å². The van der Waals surface area contributed by atoms with E-state index in [1.54, 1.807) is 12.1 Å². The highest BCUT2D eigenvalue weighted by molar-refractivity contribution is 5.29. The van der Waals surface area contributed by atoms with Crippen molar-refractivity contribution in [3.05, 3.63) is 35.6 Å². The number of benzene rings is 1. The second-order valence-corrected chi connectivity index (χ2v) is 3.98. The van der Waals surface area contributed by atoms with Crippen LogP contribution in [0.15, 0.2) is 24.3 Å². The molecule has 1 N–H and O–H groups in total. The Hall–Kier alpha value is -0.890. The van der Waals surface area contributed by atoms with E-state index in [1.807, 2.05) is 6.92 Å². The van der Waals surface area contributed by atoms with E-state index < -0.39 is 0 Å². The second-order valence-electron chi connectivity index (χ2n) is 3.98. The van der Waals surface area contributed by atoms with Crippen molar-refractivity contribution in [2.45, 2.75) is 31.3 Å². The zero-order valence-electron chi connectivity index (χ0n) is 7.63. The van der Waals surface area contributed by atoms with Gasteiger partial charge < -0.3 is 5.11 Å². The molecule has 0 amide bonds. The number of aliphatic hydroxyl groups excluding tert-OH is 1. The van der Waals surface area contributed by atoms with Gasteiger partial charge in [0.2, 0.25) is 0 Å². The van der Waals surface area contributed by atoms with Crippen molar-refractivity contribution < 1.29 is 9.50 Å². The van der Waals surface area contributed by atoms with Crippen LogP contribution in [0, 0.1) is 5.82 Å². The Morgan fingerprint density at radius 1 is 1.38 bits per heavy atom. The van der Waals surface area contributed by atoms with Crippen LogP contribution in [-0.2, 0) is 5.41 Å². The fourth-order valence-corrected chi connectivity index (χ4v) is 1.87. The molecule has 2 heteroatoms. The molecule has 0 radical (unpaired) electrons. The lowest BCUT2D eigenvalue weighted by Gasteiger charge is -2.44. The molecule has 0 aliphatic heterocycles. The van der Waals surface area contributed by atoms with Gasteiger partial charge >= 0.3 is 0 Å². The molecule has 0 saturated heterocycles. The summed E-state index contributed by atoms with van der Waals surface area (Å²) in [6.07, 6.45) is 1.58. The van der Waals surface area contributed by atoms with Crippen LogP contribution in [-0.4, -0.2) is 11.2 Å². The van der Waals surface area contributed by atoms with E-state index in [4.69, 9.17) is 0 Å². The summed E-state index contributed by atoms with van der Waals surface area (Å²) in [6.45, 7) is 2.02. The van der Waals surface area contributed by atoms with Gasteiger partial charge in [-0.2, -0.15) is 0 Å².